The summed E-state index contributed by atoms with van der Waals surface area (Å²) in [6.45, 7) is 3.66. The van der Waals surface area contributed by atoms with Crippen molar-refractivity contribution in [2.75, 3.05) is 0 Å². The summed E-state index contributed by atoms with van der Waals surface area (Å²) in [7, 11) is 0. The van der Waals surface area contributed by atoms with Crippen molar-refractivity contribution >= 4 is 0 Å². The average molecular weight is 183 g/mol. The standard InChI is InChI=1S/C10H14FNO/c1-3-10(13,4-2)8-7-12-6-5-9(8)11/h5-7,13H,3-4H2,1-2H3. The number of aromatic nitrogens is 1. The maximum Gasteiger partial charge on any atom is 0.132 e. The predicted octanol–water partition coefficient (Wildman–Crippen LogP) is 2.23. The van der Waals surface area contributed by atoms with E-state index in [1.54, 1.807) is 0 Å². The Balaban J connectivity index is 3.12. The third-order valence-corrected chi connectivity index (χ3v) is 2.44. The molecule has 0 aliphatic heterocycles. The summed E-state index contributed by atoms with van der Waals surface area (Å²) in [5.74, 6) is -0.388. The summed E-state index contributed by atoms with van der Waals surface area (Å²) in [4.78, 5) is 3.81. The van der Waals surface area contributed by atoms with Crippen molar-refractivity contribution in [3.05, 3.63) is 29.8 Å². The van der Waals surface area contributed by atoms with Crippen molar-refractivity contribution in [1.29, 1.82) is 0 Å². The molecule has 13 heavy (non-hydrogen) atoms. The smallest absolute Gasteiger partial charge is 0.132 e. The molecule has 1 N–H and O–H groups in total. The molecule has 0 radical (unpaired) electrons. The molecule has 0 fully saturated rings. The largest absolute Gasteiger partial charge is 0.385 e. The number of nitrogens with zero attached hydrogens (tertiary/aromatic N) is 1. The molecule has 72 valence electrons. The maximum absolute atomic E-state index is 13.3. The van der Waals surface area contributed by atoms with E-state index in [1.165, 1.54) is 18.5 Å². The van der Waals surface area contributed by atoms with Gasteiger partial charge in [-0.2, -0.15) is 0 Å². The number of rotatable bonds is 3. The highest BCUT2D eigenvalue weighted by molar-refractivity contribution is 5.19. The maximum atomic E-state index is 13.3. The average Bonchev–Trinajstić information content (AvgIpc) is 2.17. The van der Waals surface area contributed by atoms with Gasteiger partial charge in [-0.25, -0.2) is 4.39 Å². The molecule has 2 nitrogen and oxygen atoms in total. The van der Waals surface area contributed by atoms with Crippen LogP contribution in [0.25, 0.3) is 0 Å². The van der Waals surface area contributed by atoms with E-state index in [1.807, 2.05) is 13.8 Å². The van der Waals surface area contributed by atoms with Gasteiger partial charge in [-0.15, -0.1) is 0 Å². The SMILES string of the molecule is CCC(O)(CC)c1cnccc1F. The summed E-state index contributed by atoms with van der Waals surface area (Å²) < 4.78 is 13.3. The van der Waals surface area contributed by atoms with E-state index < -0.39 is 5.60 Å². The number of hydrogen-bond donors (Lipinski definition) is 1. The van der Waals surface area contributed by atoms with Gasteiger partial charge in [0.15, 0.2) is 0 Å². The summed E-state index contributed by atoms with van der Waals surface area (Å²) in [5, 5.41) is 10.0. The Bertz CT molecular complexity index is 284. The number of aliphatic hydroxyl groups is 1. The zero-order chi connectivity index (χ0) is 9.90. The van der Waals surface area contributed by atoms with Crippen molar-refractivity contribution in [3.63, 3.8) is 0 Å². The quantitative estimate of drug-likeness (QED) is 0.779. The lowest BCUT2D eigenvalue weighted by Crippen LogP contribution is -2.25. The van der Waals surface area contributed by atoms with E-state index in [-0.39, 0.29) is 5.82 Å². The molecular weight excluding hydrogens is 169 g/mol. The van der Waals surface area contributed by atoms with Crippen LogP contribution < -0.4 is 0 Å². The Morgan fingerprint density at radius 3 is 2.54 bits per heavy atom. The van der Waals surface area contributed by atoms with Gasteiger partial charge in [-0.05, 0) is 18.9 Å². The van der Waals surface area contributed by atoms with Crippen LogP contribution in [0.4, 0.5) is 4.39 Å². The van der Waals surface area contributed by atoms with E-state index in [9.17, 15) is 9.50 Å². The second-order valence-electron chi connectivity index (χ2n) is 3.09. The molecule has 1 heterocycles. The van der Waals surface area contributed by atoms with E-state index >= 15 is 0 Å². The summed E-state index contributed by atoms with van der Waals surface area (Å²) in [6, 6.07) is 1.27. The van der Waals surface area contributed by atoms with Crippen LogP contribution in [0.5, 0.6) is 0 Å². The van der Waals surface area contributed by atoms with Gasteiger partial charge in [-0.1, -0.05) is 13.8 Å². The van der Waals surface area contributed by atoms with Crippen LogP contribution in [0, 0.1) is 5.82 Å². The number of halogens is 1. The lowest BCUT2D eigenvalue weighted by Gasteiger charge is -2.25. The number of hydrogen-bond acceptors (Lipinski definition) is 2. The molecular formula is C10H14FNO. The molecule has 0 aliphatic rings. The highest BCUT2D eigenvalue weighted by atomic mass is 19.1. The zero-order valence-electron chi connectivity index (χ0n) is 7.92. The summed E-state index contributed by atoms with van der Waals surface area (Å²) in [6.07, 6.45) is 3.76. The minimum Gasteiger partial charge on any atom is -0.385 e. The van der Waals surface area contributed by atoms with Gasteiger partial charge in [0.1, 0.15) is 5.82 Å². The van der Waals surface area contributed by atoms with Crippen LogP contribution in [0.15, 0.2) is 18.5 Å². The van der Waals surface area contributed by atoms with Gasteiger partial charge < -0.3 is 5.11 Å². The van der Waals surface area contributed by atoms with E-state index in [2.05, 4.69) is 4.98 Å². The first-order valence-electron chi connectivity index (χ1n) is 4.46. The molecule has 0 aromatic carbocycles. The zero-order valence-corrected chi connectivity index (χ0v) is 7.92. The van der Waals surface area contributed by atoms with Gasteiger partial charge in [0.25, 0.3) is 0 Å². The Hall–Kier alpha value is -0.960. The molecule has 3 heteroatoms. The first kappa shape index (κ1) is 10.1. The van der Waals surface area contributed by atoms with E-state index in [0.29, 0.717) is 18.4 Å². The van der Waals surface area contributed by atoms with E-state index in [0.717, 1.165) is 0 Å². The first-order chi connectivity index (χ1) is 6.14. The van der Waals surface area contributed by atoms with Crippen LogP contribution in [-0.2, 0) is 5.60 Å². The second kappa shape index (κ2) is 3.83. The van der Waals surface area contributed by atoms with Crippen molar-refractivity contribution < 1.29 is 9.50 Å². The van der Waals surface area contributed by atoms with Crippen molar-refractivity contribution in [2.24, 2.45) is 0 Å². The van der Waals surface area contributed by atoms with Crippen molar-refractivity contribution in [1.82, 2.24) is 4.98 Å². The molecule has 0 spiro atoms. The molecule has 0 unspecified atom stereocenters. The lowest BCUT2D eigenvalue weighted by molar-refractivity contribution is 0.0245. The van der Waals surface area contributed by atoms with Crippen LogP contribution in [-0.4, -0.2) is 10.1 Å². The summed E-state index contributed by atoms with van der Waals surface area (Å²) >= 11 is 0. The first-order valence-corrected chi connectivity index (χ1v) is 4.46. The molecule has 0 atom stereocenters. The third kappa shape index (κ3) is 1.86. The second-order valence-corrected chi connectivity index (χ2v) is 3.09. The summed E-state index contributed by atoms with van der Waals surface area (Å²) in [5.41, 5.74) is -0.779. The lowest BCUT2D eigenvalue weighted by atomic mass is 9.89. The molecule has 1 aromatic heterocycles. The molecule has 0 bridgehead atoms. The monoisotopic (exact) mass is 183 g/mol. The molecule has 0 amide bonds. The predicted molar refractivity (Wildman–Crippen MR) is 48.7 cm³/mol. The van der Waals surface area contributed by atoms with Crippen molar-refractivity contribution in [3.8, 4) is 0 Å². The highest BCUT2D eigenvalue weighted by Gasteiger charge is 2.27. The molecule has 1 rings (SSSR count). The minimum atomic E-state index is -1.07. The van der Waals surface area contributed by atoms with Gasteiger partial charge in [0.2, 0.25) is 0 Å². The normalized spacial score (nSPS) is 11.7. The number of pyridine rings is 1. The third-order valence-electron chi connectivity index (χ3n) is 2.44. The fraction of sp³-hybridized carbons (Fsp3) is 0.500. The molecule has 0 saturated heterocycles. The fourth-order valence-electron chi connectivity index (χ4n) is 1.35. The van der Waals surface area contributed by atoms with Gasteiger partial charge >= 0.3 is 0 Å². The molecule has 0 aliphatic carbocycles. The van der Waals surface area contributed by atoms with Crippen LogP contribution in [0.3, 0.4) is 0 Å². The van der Waals surface area contributed by atoms with Crippen molar-refractivity contribution in [2.45, 2.75) is 32.3 Å². The highest BCUT2D eigenvalue weighted by Crippen LogP contribution is 2.29. The van der Waals surface area contributed by atoms with E-state index in [4.69, 9.17) is 0 Å². The van der Waals surface area contributed by atoms with Gasteiger partial charge in [0, 0.05) is 18.0 Å². The Kier molecular flexibility index (Phi) is 2.98. The van der Waals surface area contributed by atoms with Gasteiger partial charge in [0.05, 0.1) is 5.60 Å². The van der Waals surface area contributed by atoms with Crippen LogP contribution in [0.2, 0.25) is 0 Å². The Morgan fingerprint density at radius 1 is 1.46 bits per heavy atom. The molecule has 1 aromatic rings. The Morgan fingerprint density at radius 2 is 2.08 bits per heavy atom. The van der Waals surface area contributed by atoms with Gasteiger partial charge in [-0.3, -0.25) is 4.98 Å². The molecule has 0 saturated carbocycles. The topological polar surface area (TPSA) is 33.1 Å². The van der Waals surface area contributed by atoms with Crippen LogP contribution in [0.1, 0.15) is 32.3 Å². The Labute approximate surface area is 77.4 Å². The van der Waals surface area contributed by atoms with Crippen LogP contribution >= 0.6 is 0 Å². The fourth-order valence-corrected chi connectivity index (χ4v) is 1.35. The minimum absolute atomic E-state index is 0.292.